The van der Waals surface area contributed by atoms with Crippen molar-refractivity contribution in [2.75, 3.05) is 12.3 Å². The standard InChI is InChI=1S/C13H17N8O3/c1-13(2)23-8-6(3-19-20-15)22-12(9(8)24-13)21-5-18-7-10(14)16-4-17-11(7)21/h4-6,8-9,12,15H,3H2,1-2H3,(H2,14,16,17)/q+1. The van der Waals surface area contributed by atoms with Gasteiger partial charge >= 0.3 is 0 Å². The highest BCUT2D eigenvalue weighted by atomic mass is 16.8. The van der Waals surface area contributed by atoms with Gasteiger partial charge in [0.15, 0.2) is 30.0 Å². The lowest BCUT2D eigenvalue weighted by atomic mass is 10.1. The topological polar surface area (TPSA) is 148 Å². The van der Waals surface area contributed by atoms with E-state index >= 15 is 0 Å². The third-order valence-electron chi connectivity index (χ3n) is 4.12. The van der Waals surface area contributed by atoms with Gasteiger partial charge in [0.2, 0.25) is 4.91 Å². The van der Waals surface area contributed by atoms with Crippen molar-refractivity contribution in [3.05, 3.63) is 12.7 Å². The molecule has 0 radical (unpaired) electrons. The number of imidazole rings is 1. The van der Waals surface area contributed by atoms with Crippen LogP contribution in [-0.2, 0) is 14.2 Å². The molecule has 0 aromatic carbocycles. The average molecular weight is 333 g/mol. The van der Waals surface area contributed by atoms with Gasteiger partial charge in [-0.1, -0.05) is 0 Å². The fraction of sp³-hybridized carbons (Fsp3) is 0.615. The van der Waals surface area contributed by atoms with Crippen molar-refractivity contribution in [2.45, 2.75) is 44.2 Å². The molecule has 4 unspecified atom stereocenters. The lowest BCUT2D eigenvalue weighted by molar-refractivity contribution is -0.195. The largest absolute Gasteiger partial charge is 0.382 e. The van der Waals surface area contributed by atoms with E-state index in [1.165, 1.54) is 6.33 Å². The first-order valence-electron chi connectivity index (χ1n) is 7.47. The van der Waals surface area contributed by atoms with Crippen LogP contribution in [0.15, 0.2) is 17.8 Å². The van der Waals surface area contributed by atoms with Crippen LogP contribution in [-0.4, -0.2) is 50.2 Å². The molecule has 0 aliphatic carbocycles. The Morgan fingerprint density at radius 1 is 1.33 bits per heavy atom. The van der Waals surface area contributed by atoms with Crippen LogP contribution >= 0.6 is 0 Å². The number of nitrogens with two attached hydrogens (primary N) is 1. The summed E-state index contributed by atoms with van der Waals surface area (Å²) in [5, 5.41) is 3.71. The molecule has 2 aromatic rings. The predicted octanol–water partition coefficient (Wildman–Crippen LogP) is 0.376. The minimum Gasteiger partial charge on any atom is -0.382 e. The Bertz CT molecular complexity index is 830. The Balaban J connectivity index is 1.74. The molecule has 0 bridgehead atoms. The van der Waals surface area contributed by atoms with Crippen molar-refractivity contribution in [3.8, 4) is 0 Å². The normalized spacial score (nSPS) is 31.1. The summed E-state index contributed by atoms with van der Waals surface area (Å²) in [5.74, 6) is -0.435. The third kappa shape index (κ3) is 2.26. The maximum absolute atomic E-state index is 6.84. The molecule has 4 atom stereocenters. The first-order chi connectivity index (χ1) is 11.5. The van der Waals surface area contributed by atoms with Crippen LogP contribution in [0.5, 0.6) is 0 Å². The number of anilines is 1. The van der Waals surface area contributed by atoms with Crippen molar-refractivity contribution in [1.82, 2.24) is 24.4 Å². The molecule has 24 heavy (non-hydrogen) atoms. The van der Waals surface area contributed by atoms with Gasteiger partial charge in [0.25, 0.3) is 0 Å². The van der Waals surface area contributed by atoms with E-state index in [0.717, 1.165) is 0 Å². The second-order valence-corrected chi connectivity index (χ2v) is 6.14. The molecule has 3 N–H and O–H groups in total. The van der Waals surface area contributed by atoms with E-state index in [4.69, 9.17) is 25.5 Å². The fourth-order valence-electron chi connectivity index (χ4n) is 3.21. The summed E-state index contributed by atoms with van der Waals surface area (Å²) < 4.78 is 19.8. The quantitative estimate of drug-likeness (QED) is 0.609. The molecular formula is C13H17N8O3+. The minimum absolute atomic E-state index is 0.213. The van der Waals surface area contributed by atoms with Crippen molar-refractivity contribution in [3.63, 3.8) is 0 Å². The summed E-state index contributed by atoms with van der Waals surface area (Å²) in [6.07, 6.45) is 1.41. The molecule has 11 heteroatoms. The highest BCUT2D eigenvalue weighted by molar-refractivity contribution is 5.81. The van der Waals surface area contributed by atoms with Crippen molar-refractivity contribution in [2.24, 2.45) is 5.11 Å². The third-order valence-corrected chi connectivity index (χ3v) is 4.12. The Labute approximate surface area is 136 Å². The number of hydrogen-bond acceptors (Lipinski definition) is 9. The summed E-state index contributed by atoms with van der Waals surface area (Å²) in [5.41, 5.74) is 13.7. The Kier molecular flexibility index (Phi) is 3.32. The molecule has 11 nitrogen and oxygen atoms in total. The van der Waals surface area contributed by atoms with Gasteiger partial charge in [-0.2, -0.15) is 0 Å². The van der Waals surface area contributed by atoms with Gasteiger partial charge < -0.3 is 19.9 Å². The summed E-state index contributed by atoms with van der Waals surface area (Å²) in [6, 6.07) is 0. The van der Waals surface area contributed by atoms with Gasteiger partial charge in [-0.25, -0.2) is 15.0 Å². The number of rotatable bonds is 3. The van der Waals surface area contributed by atoms with E-state index < -0.39 is 12.0 Å². The first-order valence-corrected chi connectivity index (χ1v) is 7.47. The number of hydrogen-bond donors (Lipinski definition) is 2. The van der Waals surface area contributed by atoms with Gasteiger partial charge in [0.1, 0.15) is 40.8 Å². The molecule has 2 fully saturated rings. The van der Waals surface area contributed by atoms with Crippen molar-refractivity contribution in [1.29, 1.82) is 5.53 Å². The van der Waals surface area contributed by atoms with Crippen LogP contribution in [0.2, 0.25) is 0 Å². The van der Waals surface area contributed by atoms with E-state index in [9.17, 15) is 0 Å². The molecule has 4 heterocycles. The van der Waals surface area contributed by atoms with Crippen LogP contribution in [0, 0.1) is 5.53 Å². The van der Waals surface area contributed by atoms with Crippen LogP contribution in [0.3, 0.4) is 0 Å². The highest BCUT2D eigenvalue weighted by Gasteiger charge is 2.56. The molecule has 0 saturated carbocycles. The number of nitrogens with zero attached hydrogens (tertiary/aromatic N) is 6. The number of fused-ring (bicyclic) bond motifs is 2. The Morgan fingerprint density at radius 3 is 2.92 bits per heavy atom. The number of aromatic nitrogens is 4. The maximum Gasteiger partial charge on any atom is 0.214 e. The maximum atomic E-state index is 6.84. The minimum atomic E-state index is -0.738. The smallest absolute Gasteiger partial charge is 0.214 e. The van der Waals surface area contributed by atoms with E-state index in [1.54, 1.807) is 10.9 Å². The van der Waals surface area contributed by atoms with Gasteiger partial charge in [-0.3, -0.25) is 4.57 Å². The molecule has 0 spiro atoms. The molecule has 2 saturated heterocycles. The van der Waals surface area contributed by atoms with Crippen LogP contribution in [0.1, 0.15) is 20.1 Å². The molecule has 2 aliphatic heterocycles. The van der Waals surface area contributed by atoms with Crippen LogP contribution in [0.25, 0.3) is 11.2 Å². The zero-order valence-electron chi connectivity index (χ0n) is 13.2. The monoisotopic (exact) mass is 333 g/mol. The molecular weight excluding hydrogens is 316 g/mol. The SMILES string of the molecule is CC1(C)OC2C(CN=[N+]=N)OC(n3cnc4c(N)ncnc43)C2O1. The van der Waals surface area contributed by atoms with E-state index in [2.05, 4.69) is 25.0 Å². The van der Waals surface area contributed by atoms with Gasteiger partial charge in [0.05, 0.1) is 6.33 Å². The zero-order valence-corrected chi connectivity index (χ0v) is 13.2. The number of ether oxygens (including phenoxy) is 3. The zero-order chi connectivity index (χ0) is 16.9. The highest BCUT2D eigenvalue weighted by Crippen LogP contribution is 2.43. The fourth-order valence-corrected chi connectivity index (χ4v) is 3.21. The van der Waals surface area contributed by atoms with Gasteiger partial charge in [-0.15, -0.1) is 0 Å². The molecule has 2 aromatic heterocycles. The lowest BCUT2D eigenvalue weighted by Gasteiger charge is -2.23. The Morgan fingerprint density at radius 2 is 2.12 bits per heavy atom. The van der Waals surface area contributed by atoms with E-state index in [1.807, 2.05) is 13.8 Å². The summed E-state index contributed by atoms with van der Waals surface area (Å²) in [6.45, 7) is 3.90. The van der Waals surface area contributed by atoms with Gasteiger partial charge in [-0.05, 0) is 13.8 Å². The van der Waals surface area contributed by atoms with Crippen molar-refractivity contribution < 1.29 is 14.2 Å². The molecule has 2 aliphatic rings. The number of nitrogen functional groups attached to an aromatic ring is 1. The lowest BCUT2D eigenvalue weighted by Crippen LogP contribution is -2.31. The number of nitrogens with one attached hydrogen (secondary N) is 1. The summed E-state index contributed by atoms with van der Waals surface area (Å²) >= 11 is 0. The summed E-state index contributed by atoms with van der Waals surface area (Å²) in [7, 11) is 0. The second-order valence-electron chi connectivity index (χ2n) is 6.14. The van der Waals surface area contributed by atoms with Gasteiger partial charge in [0, 0.05) is 0 Å². The predicted molar refractivity (Wildman–Crippen MR) is 79.6 cm³/mol. The first kappa shape index (κ1) is 15.1. The van der Waals surface area contributed by atoms with Crippen LogP contribution in [0.4, 0.5) is 5.82 Å². The summed E-state index contributed by atoms with van der Waals surface area (Å²) in [4.78, 5) is 15.5. The Hall–Kier alpha value is -2.46. The van der Waals surface area contributed by atoms with Crippen molar-refractivity contribution >= 4 is 17.0 Å². The molecule has 0 amide bonds. The van der Waals surface area contributed by atoms with E-state index in [0.29, 0.717) is 17.0 Å². The van der Waals surface area contributed by atoms with E-state index in [-0.39, 0.29) is 24.9 Å². The average Bonchev–Trinajstić information content (AvgIpc) is 3.17. The van der Waals surface area contributed by atoms with Crippen LogP contribution < -0.4 is 10.6 Å². The molecule has 4 rings (SSSR count). The molecule has 126 valence electrons. The second kappa shape index (κ2) is 5.28.